The number of phenolic OH excluding ortho intramolecular Hbond substituents is 1. The lowest BCUT2D eigenvalue weighted by Crippen LogP contribution is -2.40. The van der Waals surface area contributed by atoms with Crippen LogP contribution >= 0.6 is 0 Å². The van der Waals surface area contributed by atoms with E-state index in [4.69, 9.17) is 0 Å². The van der Waals surface area contributed by atoms with Gasteiger partial charge in [0.2, 0.25) is 0 Å². The van der Waals surface area contributed by atoms with E-state index in [1.54, 1.807) is 12.1 Å². The van der Waals surface area contributed by atoms with Crippen molar-refractivity contribution in [2.75, 3.05) is 6.54 Å². The Hall–Kier alpha value is -1.55. The molecule has 0 radical (unpaired) electrons. The largest absolute Gasteiger partial charge is 0.508 e. The number of rotatable bonds is 6. The van der Waals surface area contributed by atoms with Crippen molar-refractivity contribution < 1.29 is 15.0 Å². The van der Waals surface area contributed by atoms with Gasteiger partial charge in [0.15, 0.2) is 0 Å². The number of aliphatic carboxylic acids is 1. The highest BCUT2D eigenvalue weighted by Gasteiger charge is 2.30. The van der Waals surface area contributed by atoms with Crippen molar-refractivity contribution in [1.82, 2.24) is 4.90 Å². The summed E-state index contributed by atoms with van der Waals surface area (Å²) in [4.78, 5) is 13.3. The number of carboxylic acids is 1. The summed E-state index contributed by atoms with van der Waals surface area (Å²) in [5.74, 6) is -0.525. The molecule has 1 aliphatic rings. The third kappa shape index (κ3) is 3.51. The van der Waals surface area contributed by atoms with Crippen molar-refractivity contribution in [3.63, 3.8) is 0 Å². The Kier molecular flexibility index (Phi) is 5.01. The first-order valence-corrected chi connectivity index (χ1v) is 7.38. The predicted octanol–water partition coefficient (Wildman–Crippen LogP) is 3.17. The van der Waals surface area contributed by atoms with E-state index in [2.05, 4.69) is 11.8 Å². The molecule has 4 heteroatoms. The minimum absolute atomic E-state index is 0.0874. The van der Waals surface area contributed by atoms with Gasteiger partial charge in [0.25, 0.3) is 0 Å². The summed E-state index contributed by atoms with van der Waals surface area (Å²) in [6.07, 6.45) is 5.41. The van der Waals surface area contributed by atoms with E-state index < -0.39 is 5.97 Å². The average Bonchev–Trinajstić information content (AvgIpc) is 2.94. The van der Waals surface area contributed by atoms with Crippen molar-refractivity contribution in [2.45, 2.75) is 51.1 Å². The molecule has 0 saturated heterocycles. The monoisotopic (exact) mass is 277 g/mol. The third-order valence-corrected chi connectivity index (χ3v) is 4.18. The molecule has 1 unspecified atom stereocenters. The van der Waals surface area contributed by atoms with Crippen molar-refractivity contribution in [2.24, 2.45) is 0 Å². The number of benzene rings is 1. The second kappa shape index (κ2) is 6.75. The molecule has 20 heavy (non-hydrogen) atoms. The molecule has 1 atom stereocenters. The third-order valence-electron chi connectivity index (χ3n) is 4.18. The summed E-state index contributed by atoms with van der Waals surface area (Å²) in [6, 6.07) is 7.61. The first-order valence-electron chi connectivity index (χ1n) is 7.38. The van der Waals surface area contributed by atoms with Gasteiger partial charge in [-0.2, -0.15) is 0 Å². The Morgan fingerprint density at radius 1 is 1.30 bits per heavy atom. The van der Waals surface area contributed by atoms with Gasteiger partial charge >= 0.3 is 5.97 Å². The molecule has 1 aromatic carbocycles. The standard InChI is InChI=1S/C16H23NO3/c1-2-15(12-7-9-14(18)10-8-12)17(11-16(19)20)13-5-3-4-6-13/h7-10,13,15,18H,2-6,11H2,1H3,(H,19,20). The molecule has 0 amide bonds. The van der Waals surface area contributed by atoms with E-state index in [1.807, 2.05) is 12.1 Å². The van der Waals surface area contributed by atoms with Gasteiger partial charge < -0.3 is 10.2 Å². The zero-order valence-corrected chi connectivity index (χ0v) is 12.0. The number of carbonyl (C=O) groups is 1. The van der Waals surface area contributed by atoms with Crippen LogP contribution in [0, 0.1) is 0 Å². The predicted molar refractivity (Wildman–Crippen MR) is 77.7 cm³/mol. The van der Waals surface area contributed by atoms with Crippen LogP contribution in [0.1, 0.15) is 50.6 Å². The topological polar surface area (TPSA) is 60.8 Å². The lowest BCUT2D eigenvalue weighted by atomic mass is 10.00. The van der Waals surface area contributed by atoms with E-state index in [0.717, 1.165) is 24.8 Å². The van der Waals surface area contributed by atoms with Gasteiger partial charge in [0.1, 0.15) is 5.75 Å². The zero-order chi connectivity index (χ0) is 14.5. The maximum Gasteiger partial charge on any atom is 0.317 e. The van der Waals surface area contributed by atoms with Gasteiger partial charge in [-0.3, -0.25) is 9.69 Å². The molecule has 0 aliphatic heterocycles. The number of hydrogen-bond acceptors (Lipinski definition) is 3. The number of carboxylic acid groups (broad SMARTS) is 1. The Bertz CT molecular complexity index is 438. The van der Waals surface area contributed by atoms with E-state index in [9.17, 15) is 15.0 Å². The Morgan fingerprint density at radius 2 is 1.90 bits per heavy atom. The maximum atomic E-state index is 11.2. The molecule has 4 nitrogen and oxygen atoms in total. The lowest BCUT2D eigenvalue weighted by molar-refractivity contribution is -0.139. The number of aromatic hydroxyl groups is 1. The summed E-state index contributed by atoms with van der Waals surface area (Å²) in [5, 5.41) is 18.6. The SMILES string of the molecule is CCC(c1ccc(O)cc1)N(CC(=O)O)C1CCCC1. The molecular formula is C16H23NO3. The van der Waals surface area contributed by atoms with Gasteiger partial charge in [0, 0.05) is 12.1 Å². The molecule has 1 aliphatic carbocycles. The second-order valence-corrected chi connectivity index (χ2v) is 5.52. The minimum Gasteiger partial charge on any atom is -0.508 e. The highest BCUT2D eigenvalue weighted by Crippen LogP contribution is 2.33. The van der Waals surface area contributed by atoms with Crippen molar-refractivity contribution in [1.29, 1.82) is 0 Å². The van der Waals surface area contributed by atoms with Gasteiger partial charge in [-0.1, -0.05) is 31.9 Å². The van der Waals surface area contributed by atoms with Crippen LogP contribution in [-0.4, -0.2) is 33.7 Å². The summed E-state index contributed by atoms with van der Waals surface area (Å²) < 4.78 is 0. The highest BCUT2D eigenvalue weighted by molar-refractivity contribution is 5.69. The van der Waals surface area contributed by atoms with Gasteiger partial charge in [-0.05, 0) is 37.0 Å². The Balaban J connectivity index is 2.23. The van der Waals surface area contributed by atoms with E-state index in [0.29, 0.717) is 6.04 Å². The fraction of sp³-hybridized carbons (Fsp3) is 0.562. The van der Waals surface area contributed by atoms with Crippen LogP contribution in [0.15, 0.2) is 24.3 Å². The quantitative estimate of drug-likeness (QED) is 0.838. The normalized spacial score (nSPS) is 17.5. The Labute approximate surface area is 120 Å². The lowest BCUT2D eigenvalue weighted by Gasteiger charge is -2.35. The molecule has 2 rings (SSSR count). The van der Waals surface area contributed by atoms with E-state index in [1.165, 1.54) is 12.8 Å². The van der Waals surface area contributed by atoms with Gasteiger partial charge in [-0.25, -0.2) is 0 Å². The van der Waals surface area contributed by atoms with Gasteiger partial charge in [-0.15, -0.1) is 0 Å². The van der Waals surface area contributed by atoms with Crippen molar-refractivity contribution >= 4 is 5.97 Å². The molecule has 0 bridgehead atoms. The fourth-order valence-corrected chi connectivity index (χ4v) is 3.24. The number of hydrogen-bond donors (Lipinski definition) is 2. The van der Waals surface area contributed by atoms with Crippen LogP contribution in [0.3, 0.4) is 0 Å². The van der Waals surface area contributed by atoms with Crippen LogP contribution in [0.2, 0.25) is 0 Å². The van der Waals surface area contributed by atoms with E-state index >= 15 is 0 Å². The fourth-order valence-electron chi connectivity index (χ4n) is 3.24. The molecule has 0 heterocycles. The second-order valence-electron chi connectivity index (χ2n) is 5.52. The van der Waals surface area contributed by atoms with E-state index in [-0.39, 0.29) is 18.3 Å². The molecule has 1 aromatic rings. The first-order chi connectivity index (χ1) is 9.61. The van der Waals surface area contributed by atoms with Crippen LogP contribution < -0.4 is 0 Å². The first kappa shape index (κ1) is 14.9. The zero-order valence-electron chi connectivity index (χ0n) is 12.0. The molecule has 2 N–H and O–H groups in total. The molecule has 0 aromatic heterocycles. The van der Waals surface area contributed by atoms with Crippen LogP contribution in [0.4, 0.5) is 0 Å². The van der Waals surface area contributed by atoms with Gasteiger partial charge in [0.05, 0.1) is 6.54 Å². The summed E-state index contributed by atoms with van der Waals surface area (Å²) in [7, 11) is 0. The summed E-state index contributed by atoms with van der Waals surface area (Å²) in [6.45, 7) is 2.17. The van der Waals surface area contributed by atoms with Crippen LogP contribution in [0.25, 0.3) is 0 Å². The average molecular weight is 277 g/mol. The molecule has 1 fully saturated rings. The molecule has 1 saturated carbocycles. The maximum absolute atomic E-state index is 11.2. The van der Waals surface area contributed by atoms with Crippen LogP contribution in [0.5, 0.6) is 5.75 Å². The smallest absolute Gasteiger partial charge is 0.317 e. The molecule has 0 spiro atoms. The van der Waals surface area contributed by atoms with Crippen molar-refractivity contribution in [3.8, 4) is 5.75 Å². The minimum atomic E-state index is -0.769. The van der Waals surface area contributed by atoms with Crippen molar-refractivity contribution in [3.05, 3.63) is 29.8 Å². The summed E-state index contributed by atoms with van der Waals surface area (Å²) in [5.41, 5.74) is 1.08. The molecule has 110 valence electrons. The molecular weight excluding hydrogens is 254 g/mol. The number of nitrogens with zero attached hydrogens (tertiary/aromatic N) is 1. The highest BCUT2D eigenvalue weighted by atomic mass is 16.4. The Morgan fingerprint density at radius 3 is 2.40 bits per heavy atom. The summed E-state index contributed by atoms with van der Waals surface area (Å²) >= 11 is 0. The van der Waals surface area contributed by atoms with Crippen LogP contribution in [-0.2, 0) is 4.79 Å². The number of phenols is 1.